The average Bonchev–Trinajstić information content (AvgIpc) is 3.30. The van der Waals surface area contributed by atoms with E-state index in [4.69, 9.17) is 28.5 Å². The molecule has 2 heterocycles. The quantitative estimate of drug-likeness (QED) is 0.118. The van der Waals surface area contributed by atoms with Crippen LogP contribution in [0.15, 0.2) is 85.1 Å². The maximum Gasteiger partial charge on any atom is 0.285 e. The predicted molar refractivity (Wildman–Crippen MR) is 160 cm³/mol. The normalized spacial score (nSPS) is 13.1. The molecule has 1 aliphatic heterocycles. The molecule has 0 radical (unpaired) electrons. The molecule has 1 atom stereocenters. The Balaban J connectivity index is 1.45. The Kier molecular flexibility index (Phi) is 9.81. The number of hydroxylamine groups is 2. The van der Waals surface area contributed by atoms with Crippen LogP contribution in [0.25, 0.3) is 0 Å². The largest absolute Gasteiger partial charge is 0.497 e. The van der Waals surface area contributed by atoms with E-state index in [0.717, 1.165) is 15.9 Å². The molecule has 1 aliphatic rings. The van der Waals surface area contributed by atoms with Crippen LogP contribution in [0.2, 0.25) is 0 Å². The fourth-order valence-corrected chi connectivity index (χ4v) is 4.59. The van der Waals surface area contributed by atoms with E-state index in [-0.39, 0.29) is 48.5 Å². The first-order chi connectivity index (χ1) is 21.8. The molecule has 1 N–H and O–H groups in total. The van der Waals surface area contributed by atoms with E-state index < -0.39 is 17.9 Å². The Morgan fingerprint density at radius 2 is 1.27 bits per heavy atom. The molecule has 0 spiro atoms. The van der Waals surface area contributed by atoms with Crippen LogP contribution >= 0.6 is 0 Å². The van der Waals surface area contributed by atoms with Gasteiger partial charge in [0.05, 0.1) is 44.1 Å². The summed E-state index contributed by atoms with van der Waals surface area (Å²) in [5.41, 5.74) is 2.35. The lowest BCUT2D eigenvalue weighted by atomic mass is 10.1. The van der Waals surface area contributed by atoms with Crippen LogP contribution in [0.1, 0.15) is 57.5 Å². The smallest absolute Gasteiger partial charge is 0.285 e. The van der Waals surface area contributed by atoms with Gasteiger partial charge in [-0.25, -0.2) is 4.84 Å². The number of hydrogen-bond acceptors (Lipinski definition) is 9. The summed E-state index contributed by atoms with van der Waals surface area (Å²) >= 11 is 0. The van der Waals surface area contributed by atoms with Gasteiger partial charge in [-0.05, 0) is 61.4 Å². The summed E-state index contributed by atoms with van der Waals surface area (Å²) in [4.78, 5) is 32.2. The van der Waals surface area contributed by atoms with Gasteiger partial charge in [0, 0.05) is 4.73 Å². The Hall–Kier alpha value is -5.13. The highest BCUT2D eigenvalue weighted by molar-refractivity contribution is 6.20. The number of fused-ring (bicyclic) bond motifs is 1. The first-order valence-electron chi connectivity index (χ1n) is 14.3. The molecule has 1 unspecified atom stereocenters. The van der Waals surface area contributed by atoms with E-state index in [1.54, 1.807) is 44.6 Å². The van der Waals surface area contributed by atoms with Gasteiger partial charge < -0.3 is 23.7 Å². The zero-order valence-electron chi connectivity index (χ0n) is 25.5. The Labute approximate surface area is 261 Å². The molecule has 0 aliphatic carbocycles. The maximum atomic E-state index is 13.1. The zero-order chi connectivity index (χ0) is 31.9. The number of ether oxygens (including phenoxy) is 5. The average molecular weight is 616 g/mol. The minimum atomic E-state index is -1.08. The van der Waals surface area contributed by atoms with Crippen molar-refractivity contribution in [2.45, 2.75) is 39.3 Å². The van der Waals surface area contributed by atoms with Crippen LogP contribution in [-0.4, -0.2) is 49.0 Å². The number of hydrogen-bond donors (Lipinski definition) is 1. The first-order valence-corrected chi connectivity index (χ1v) is 14.3. The highest BCUT2D eigenvalue weighted by Crippen LogP contribution is 2.33. The second kappa shape index (κ2) is 14.1. The highest BCUT2D eigenvalue weighted by atomic mass is 16.7. The molecule has 1 aromatic heterocycles. The number of imide groups is 1. The van der Waals surface area contributed by atoms with E-state index in [1.807, 2.05) is 62.4 Å². The van der Waals surface area contributed by atoms with Crippen molar-refractivity contribution in [3.05, 3.63) is 113 Å². The van der Waals surface area contributed by atoms with Gasteiger partial charge in [0.15, 0.2) is 11.9 Å². The third-order valence-corrected chi connectivity index (χ3v) is 7.03. The highest BCUT2D eigenvalue weighted by Gasteiger charge is 2.41. The molecular weight excluding hydrogens is 580 g/mol. The minimum Gasteiger partial charge on any atom is -0.497 e. The summed E-state index contributed by atoms with van der Waals surface area (Å²) in [6, 6.07) is 22.8. The van der Waals surface area contributed by atoms with Crippen molar-refractivity contribution in [2.75, 3.05) is 20.8 Å². The fourth-order valence-electron chi connectivity index (χ4n) is 4.59. The predicted octanol–water partition coefficient (Wildman–Crippen LogP) is 5.08. The Morgan fingerprint density at radius 3 is 1.76 bits per heavy atom. The van der Waals surface area contributed by atoms with E-state index in [2.05, 4.69) is 0 Å². The number of aromatic nitrogens is 1. The number of nitrogens with zero attached hydrogens (tertiary/aromatic N) is 2. The van der Waals surface area contributed by atoms with E-state index in [0.29, 0.717) is 22.3 Å². The van der Waals surface area contributed by atoms with Crippen molar-refractivity contribution in [3.8, 4) is 23.0 Å². The molecule has 0 bridgehead atoms. The van der Waals surface area contributed by atoms with E-state index in [1.165, 1.54) is 6.20 Å². The number of carbonyl (C=O) groups is 2. The van der Waals surface area contributed by atoms with Crippen molar-refractivity contribution < 1.29 is 48.0 Å². The number of amides is 2. The molecular formula is C34H35N2O9+. The Bertz CT molecular complexity index is 1600. The molecule has 0 fully saturated rings. The third kappa shape index (κ3) is 7.34. The summed E-state index contributed by atoms with van der Waals surface area (Å²) in [5.74, 6) is 0.751. The standard InChI is InChI=1S/C34H35N2O9/c1-22(2)42-21-32(45-36-33(37)27-7-5-6-8-28(27)34(36)38)29-17-30(43-19-23-9-13-25(40-3)14-10-23)31(18-35(29)39)44-20-24-11-15-26(41-4)16-12-24/h5-18,22,32,39H,19-21H2,1-4H3/q+1. The molecule has 4 aromatic rings. The SMILES string of the molecule is COc1ccc(COc2cc(C(COC(C)C)ON3C(=O)c4ccccc4C3=O)[n+](O)cc2OCc2ccc(OC)cc2)cc1. The summed E-state index contributed by atoms with van der Waals surface area (Å²) < 4.78 is 29.4. The lowest BCUT2D eigenvalue weighted by Gasteiger charge is -2.21. The molecule has 0 saturated carbocycles. The molecule has 11 nitrogen and oxygen atoms in total. The molecule has 11 heteroatoms. The second-order valence-electron chi connectivity index (χ2n) is 10.5. The van der Waals surface area contributed by atoms with Crippen molar-refractivity contribution in [2.24, 2.45) is 0 Å². The third-order valence-electron chi connectivity index (χ3n) is 7.03. The number of carbonyl (C=O) groups excluding carboxylic acids is 2. The number of rotatable bonds is 14. The van der Waals surface area contributed by atoms with Crippen LogP contribution < -0.4 is 23.7 Å². The first kappa shape index (κ1) is 31.3. The van der Waals surface area contributed by atoms with Crippen molar-refractivity contribution >= 4 is 11.8 Å². The molecule has 234 valence electrons. The summed E-state index contributed by atoms with van der Waals surface area (Å²) in [5, 5.41) is 11.9. The van der Waals surface area contributed by atoms with Gasteiger partial charge in [-0.15, -0.1) is 5.06 Å². The van der Waals surface area contributed by atoms with Gasteiger partial charge in [-0.3, -0.25) is 14.8 Å². The number of pyridine rings is 1. The minimum absolute atomic E-state index is 0.0877. The number of methoxy groups -OCH3 is 2. The molecule has 2 amide bonds. The summed E-state index contributed by atoms with van der Waals surface area (Å²) in [6.07, 6.45) is 0.0537. The van der Waals surface area contributed by atoms with Gasteiger partial charge in [0.2, 0.25) is 5.75 Å². The van der Waals surface area contributed by atoms with Crippen molar-refractivity contribution in [3.63, 3.8) is 0 Å². The molecule has 0 saturated heterocycles. The van der Waals surface area contributed by atoms with Crippen molar-refractivity contribution in [1.29, 1.82) is 0 Å². The summed E-state index contributed by atoms with van der Waals surface area (Å²) in [7, 11) is 3.19. The van der Waals surface area contributed by atoms with Gasteiger partial charge >= 0.3 is 0 Å². The van der Waals surface area contributed by atoms with Crippen molar-refractivity contribution in [1.82, 2.24) is 5.06 Å². The molecule has 45 heavy (non-hydrogen) atoms. The lowest BCUT2D eigenvalue weighted by molar-refractivity contribution is -0.911. The summed E-state index contributed by atoms with van der Waals surface area (Å²) in [6.45, 7) is 3.94. The Morgan fingerprint density at radius 1 is 0.756 bits per heavy atom. The van der Waals surface area contributed by atoms with Gasteiger partial charge in [-0.1, -0.05) is 36.4 Å². The van der Waals surface area contributed by atoms with Crippen LogP contribution in [0.3, 0.4) is 0 Å². The van der Waals surface area contributed by atoms with E-state index in [9.17, 15) is 14.8 Å². The van der Waals surface area contributed by atoms with Gasteiger partial charge in [-0.2, -0.15) is 0 Å². The van der Waals surface area contributed by atoms with E-state index >= 15 is 0 Å². The lowest BCUT2D eigenvalue weighted by Crippen LogP contribution is -2.41. The van der Waals surface area contributed by atoms with Crippen LogP contribution in [0, 0.1) is 0 Å². The van der Waals surface area contributed by atoms with Crippen LogP contribution in [-0.2, 0) is 22.8 Å². The fraction of sp³-hybridized carbons (Fsp3) is 0.265. The second-order valence-corrected chi connectivity index (χ2v) is 10.5. The topological polar surface area (TPSA) is 117 Å². The molecule has 5 rings (SSSR count). The van der Waals surface area contributed by atoms with Gasteiger partial charge in [0.1, 0.15) is 24.7 Å². The van der Waals surface area contributed by atoms with Crippen LogP contribution in [0.4, 0.5) is 0 Å². The molecule has 3 aromatic carbocycles. The maximum absolute atomic E-state index is 13.1. The monoisotopic (exact) mass is 615 g/mol. The number of benzene rings is 3. The zero-order valence-corrected chi connectivity index (χ0v) is 25.5. The van der Waals surface area contributed by atoms with Gasteiger partial charge in [0.25, 0.3) is 23.7 Å². The van der Waals surface area contributed by atoms with Crippen LogP contribution in [0.5, 0.6) is 23.0 Å².